The van der Waals surface area contributed by atoms with Gasteiger partial charge in [-0.1, -0.05) is 0 Å². The molecule has 7 nitrogen and oxygen atoms in total. The summed E-state index contributed by atoms with van der Waals surface area (Å²) in [6.45, 7) is 3.18. The molecule has 0 spiro atoms. The molecule has 0 unspecified atom stereocenters. The molecule has 0 aromatic heterocycles. The summed E-state index contributed by atoms with van der Waals surface area (Å²) in [5.41, 5.74) is 0.0833. The zero-order valence-electron chi connectivity index (χ0n) is 12.2. The van der Waals surface area contributed by atoms with E-state index >= 15 is 0 Å². The van der Waals surface area contributed by atoms with Gasteiger partial charge in [-0.3, -0.25) is 14.9 Å². The maximum Gasteiger partial charge on any atom is 0.311 e. The number of methoxy groups -OCH3 is 1. The first-order chi connectivity index (χ1) is 10.1. The molecule has 7 heteroatoms. The van der Waals surface area contributed by atoms with E-state index in [1.165, 1.54) is 25.1 Å². The van der Waals surface area contributed by atoms with E-state index in [0.717, 1.165) is 0 Å². The van der Waals surface area contributed by atoms with Gasteiger partial charge in [0, 0.05) is 31.8 Å². The molecule has 0 atom stereocenters. The molecule has 0 heterocycles. The Hall–Kier alpha value is -1.99. The van der Waals surface area contributed by atoms with Gasteiger partial charge in [0.1, 0.15) is 0 Å². The zero-order chi connectivity index (χ0) is 15.7. The summed E-state index contributed by atoms with van der Waals surface area (Å²) in [6.07, 6.45) is 0.606. The van der Waals surface area contributed by atoms with Gasteiger partial charge in [-0.2, -0.15) is 0 Å². The quantitative estimate of drug-likeness (QED) is 0.285. The molecular formula is C14H19NO6. The molecule has 1 rings (SSSR count). The van der Waals surface area contributed by atoms with Crippen molar-refractivity contribution in [2.24, 2.45) is 0 Å². The average Bonchev–Trinajstić information content (AvgIpc) is 2.46. The van der Waals surface area contributed by atoms with Gasteiger partial charge < -0.3 is 14.2 Å². The summed E-state index contributed by atoms with van der Waals surface area (Å²) >= 11 is 0. The van der Waals surface area contributed by atoms with E-state index in [9.17, 15) is 14.9 Å². The molecule has 0 aliphatic carbocycles. The topological polar surface area (TPSA) is 87.9 Å². The van der Waals surface area contributed by atoms with Crippen molar-refractivity contribution in [3.8, 4) is 5.75 Å². The van der Waals surface area contributed by atoms with Crippen LogP contribution in [0.1, 0.15) is 23.7 Å². The molecule has 0 saturated carbocycles. The van der Waals surface area contributed by atoms with Crippen LogP contribution >= 0.6 is 0 Å². The molecule has 0 fully saturated rings. The van der Waals surface area contributed by atoms with Crippen LogP contribution in [0.4, 0.5) is 5.69 Å². The number of nitro benzene ring substituents is 1. The summed E-state index contributed by atoms with van der Waals surface area (Å²) in [6, 6.07) is 4.19. The summed E-state index contributed by atoms with van der Waals surface area (Å²) in [7, 11) is 1.59. The van der Waals surface area contributed by atoms with Crippen molar-refractivity contribution in [1.82, 2.24) is 0 Å². The number of benzene rings is 1. The van der Waals surface area contributed by atoms with E-state index in [4.69, 9.17) is 14.2 Å². The SMILES string of the molecule is COCCOCCCOc1ccc(C(C)=O)cc1[N+](=O)[O-]. The van der Waals surface area contributed by atoms with Gasteiger partial charge in [0.2, 0.25) is 0 Å². The highest BCUT2D eigenvalue weighted by Gasteiger charge is 2.17. The summed E-state index contributed by atoms with van der Waals surface area (Å²) in [4.78, 5) is 21.6. The smallest absolute Gasteiger partial charge is 0.311 e. The Bertz CT molecular complexity index is 488. The van der Waals surface area contributed by atoms with Crippen molar-refractivity contribution in [1.29, 1.82) is 0 Å². The van der Waals surface area contributed by atoms with Gasteiger partial charge >= 0.3 is 5.69 Å². The van der Waals surface area contributed by atoms with E-state index in [2.05, 4.69) is 0 Å². The molecule has 0 N–H and O–H groups in total. The van der Waals surface area contributed by atoms with Crippen LogP contribution in [0.3, 0.4) is 0 Å². The second kappa shape index (κ2) is 9.04. The van der Waals surface area contributed by atoms with Crippen LogP contribution in [0.15, 0.2) is 18.2 Å². The van der Waals surface area contributed by atoms with E-state index in [-0.39, 0.29) is 22.8 Å². The fourth-order valence-corrected chi connectivity index (χ4v) is 1.59. The lowest BCUT2D eigenvalue weighted by molar-refractivity contribution is -0.385. The molecular weight excluding hydrogens is 278 g/mol. The number of ketones is 1. The van der Waals surface area contributed by atoms with Crippen molar-refractivity contribution in [2.45, 2.75) is 13.3 Å². The third-order valence-corrected chi connectivity index (χ3v) is 2.68. The molecule has 0 aliphatic rings. The lowest BCUT2D eigenvalue weighted by Crippen LogP contribution is -2.07. The third-order valence-electron chi connectivity index (χ3n) is 2.68. The monoisotopic (exact) mass is 297 g/mol. The first kappa shape index (κ1) is 17.1. The Morgan fingerprint density at radius 3 is 2.62 bits per heavy atom. The number of carbonyl (C=O) groups excluding carboxylic acids is 1. The molecule has 0 bridgehead atoms. The minimum absolute atomic E-state index is 0.155. The molecule has 0 radical (unpaired) electrons. The molecule has 1 aromatic carbocycles. The molecule has 21 heavy (non-hydrogen) atoms. The highest BCUT2D eigenvalue weighted by molar-refractivity contribution is 5.95. The van der Waals surface area contributed by atoms with E-state index in [0.29, 0.717) is 32.8 Å². The fraction of sp³-hybridized carbons (Fsp3) is 0.500. The second-order valence-corrected chi connectivity index (χ2v) is 4.30. The van der Waals surface area contributed by atoms with Gasteiger partial charge in [-0.05, 0) is 19.1 Å². The predicted octanol–water partition coefficient (Wildman–Crippen LogP) is 2.23. The molecule has 0 saturated heterocycles. The average molecular weight is 297 g/mol. The van der Waals surface area contributed by atoms with Crippen LogP contribution in [0.5, 0.6) is 5.75 Å². The summed E-state index contributed by atoms with van der Waals surface area (Å²) in [5, 5.41) is 11.0. The molecule has 116 valence electrons. The van der Waals surface area contributed by atoms with E-state index < -0.39 is 4.92 Å². The van der Waals surface area contributed by atoms with Crippen LogP contribution in [-0.4, -0.2) is 44.2 Å². The highest BCUT2D eigenvalue weighted by atomic mass is 16.6. The zero-order valence-corrected chi connectivity index (χ0v) is 12.2. The molecule has 1 aromatic rings. The first-order valence-corrected chi connectivity index (χ1v) is 6.55. The number of Topliss-reactive ketones (excluding diaryl/α,β-unsaturated/α-hetero) is 1. The van der Waals surface area contributed by atoms with Crippen molar-refractivity contribution in [3.05, 3.63) is 33.9 Å². The second-order valence-electron chi connectivity index (χ2n) is 4.30. The highest BCUT2D eigenvalue weighted by Crippen LogP contribution is 2.28. The maximum atomic E-state index is 11.2. The van der Waals surface area contributed by atoms with Crippen molar-refractivity contribution in [3.63, 3.8) is 0 Å². The van der Waals surface area contributed by atoms with Gasteiger partial charge in [0.15, 0.2) is 11.5 Å². The van der Waals surface area contributed by atoms with Crippen LogP contribution in [-0.2, 0) is 9.47 Å². The Morgan fingerprint density at radius 1 is 1.24 bits per heavy atom. The Kier molecular flexibility index (Phi) is 7.34. The van der Waals surface area contributed by atoms with E-state index in [1.807, 2.05) is 0 Å². The normalized spacial score (nSPS) is 10.4. The fourth-order valence-electron chi connectivity index (χ4n) is 1.59. The Balaban J connectivity index is 2.51. The first-order valence-electron chi connectivity index (χ1n) is 6.55. The molecule has 0 aliphatic heterocycles. The van der Waals surface area contributed by atoms with Gasteiger partial charge in [-0.15, -0.1) is 0 Å². The summed E-state index contributed by atoms with van der Waals surface area (Å²) in [5.74, 6) is -0.0712. The number of nitrogens with zero attached hydrogens (tertiary/aromatic N) is 1. The summed E-state index contributed by atoms with van der Waals surface area (Å²) < 4.78 is 15.5. The number of hydrogen-bond donors (Lipinski definition) is 0. The van der Waals surface area contributed by atoms with Crippen LogP contribution in [0.2, 0.25) is 0 Å². The Labute approximate surface area is 123 Å². The Morgan fingerprint density at radius 2 is 2.00 bits per heavy atom. The van der Waals surface area contributed by atoms with Crippen LogP contribution in [0.25, 0.3) is 0 Å². The minimum Gasteiger partial charge on any atom is -0.487 e. The minimum atomic E-state index is -0.559. The van der Waals surface area contributed by atoms with Crippen LogP contribution < -0.4 is 4.74 Å². The van der Waals surface area contributed by atoms with Crippen LogP contribution in [0, 0.1) is 10.1 Å². The number of carbonyl (C=O) groups is 1. The standard InChI is InChI=1S/C14H19NO6/c1-11(16)12-4-5-14(13(10-12)15(17)18)21-7-3-6-20-9-8-19-2/h4-5,10H,3,6-9H2,1-2H3. The van der Waals surface area contributed by atoms with Gasteiger partial charge in [0.25, 0.3) is 0 Å². The van der Waals surface area contributed by atoms with Gasteiger partial charge in [-0.25, -0.2) is 0 Å². The van der Waals surface area contributed by atoms with E-state index in [1.54, 1.807) is 7.11 Å². The van der Waals surface area contributed by atoms with Crippen molar-refractivity contribution < 1.29 is 23.9 Å². The lowest BCUT2D eigenvalue weighted by atomic mass is 10.1. The number of hydrogen-bond acceptors (Lipinski definition) is 6. The lowest BCUT2D eigenvalue weighted by Gasteiger charge is -2.08. The number of ether oxygens (including phenoxy) is 3. The number of nitro groups is 1. The largest absolute Gasteiger partial charge is 0.487 e. The molecule has 0 amide bonds. The predicted molar refractivity (Wildman–Crippen MR) is 75.9 cm³/mol. The van der Waals surface area contributed by atoms with Gasteiger partial charge in [0.05, 0.1) is 24.7 Å². The maximum absolute atomic E-state index is 11.2. The number of rotatable bonds is 10. The van der Waals surface area contributed by atoms with Crippen molar-refractivity contribution >= 4 is 11.5 Å². The third kappa shape index (κ3) is 5.88. The van der Waals surface area contributed by atoms with Crippen molar-refractivity contribution in [2.75, 3.05) is 33.5 Å².